The van der Waals surface area contributed by atoms with E-state index in [1.165, 1.54) is 0 Å². The first-order chi connectivity index (χ1) is 16.2. The standard InChI is InChI=1S/C24H27F2N3O5/c1-3-29(4-2)24(33)16-7-10-18(11-8-16)28-21(30)15-34-22(31)6-5-13-27-23(32)19-12-9-17(25)14-20(19)26/h7-12,14H,3-6,13,15H2,1-2H3,(H,27,32)(H,28,30). The molecule has 2 rings (SSSR count). The molecule has 0 heterocycles. The van der Waals surface area contributed by atoms with Crippen molar-refractivity contribution >= 4 is 29.4 Å². The molecule has 2 aromatic rings. The molecule has 0 saturated heterocycles. The summed E-state index contributed by atoms with van der Waals surface area (Å²) in [4.78, 5) is 49.6. The third-order valence-electron chi connectivity index (χ3n) is 4.85. The smallest absolute Gasteiger partial charge is 0.306 e. The zero-order valence-electron chi connectivity index (χ0n) is 19.0. The average molecular weight is 475 g/mol. The molecule has 0 aliphatic carbocycles. The Bertz CT molecular complexity index is 1020. The number of ether oxygens (including phenoxy) is 1. The maximum atomic E-state index is 13.6. The lowest BCUT2D eigenvalue weighted by molar-refractivity contribution is -0.147. The monoisotopic (exact) mass is 475 g/mol. The van der Waals surface area contributed by atoms with Crippen LogP contribution in [0.2, 0.25) is 0 Å². The zero-order valence-corrected chi connectivity index (χ0v) is 19.0. The highest BCUT2D eigenvalue weighted by Gasteiger charge is 2.14. The number of esters is 1. The van der Waals surface area contributed by atoms with Gasteiger partial charge in [0.2, 0.25) is 0 Å². The molecule has 0 aliphatic rings. The van der Waals surface area contributed by atoms with Crippen molar-refractivity contribution in [2.75, 3.05) is 31.6 Å². The molecule has 0 radical (unpaired) electrons. The van der Waals surface area contributed by atoms with Gasteiger partial charge in [0.15, 0.2) is 6.61 Å². The van der Waals surface area contributed by atoms with Gasteiger partial charge in [-0.25, -0.2) is 8.78 Å². The van der Waals surface area contributed by atoms with Crippen LogP contribution in [0.3, 0.4) is 0 Å². The molecule has 0 spiro atoms. The Morgan fingerprint density at radius 1 is 0.971 bits per heavy atom. The van der Waals surface area contributed by atoms with Gasteiger partial charge in [0.05, 0.1) is 5.56 Å². The second kappa shape index (κ2) is 13.0. The number of halogens is 2. The molecule has 0 aromatic heterocycles. The second-order valence-corrected chi connectivity index (χ2v) is 7.25. The molecular formula is C24H27F2N3O5. The van der Waals surface area contributed by atoms with Crippen molar-refractivity contribution in [3.63, 3.8) is 0 Å². The molecule has 0 unspecified atom stereocenters. The van der Waals surface area contributed by atoms with Gasteiger partial charge in [-0.15, -0.1) is 0 Å². The Kier molecular flexibility index (Phi) is 10.1. The minimum absolute atomic E-state index is 0.0650. The van der Waals surface area contributed by atoms with E-state index in [9.17, 15) is 28.0 Å². The molecule has 2 N–H and O–H groups in total. The summed E-state index contributed by atoms with van der Waals surface area (Å²) >= 11 is 0. The van der Waals surface area contributed by atoms with E-state index in [1.807, 2.05) is 13.8 Å². The normalized spacial score (nSPS) is 10.4. The van der Waals surface area contributed by atoms with Crippen molar-refractivity contribution < 1.29 is 32.7 Å². The number of carbonyl (C=O) groups excluding carboxylic acids is 4. The highest BCUT2D eigenvalue weighted by Crippen LogP contribution is 2.12. The lowest BCUT2D eigenvalue weighted by Crippen LogP contribution is -2.30. The molecule has 182 valence electrons. The summed E-state index contributed by atoms with van der Waals surface area (Å²) in [6.07, 6.45) is 0.138. The Labute approximate surface area is 196 Å². The maximum Gasteiger partial charge on any atom is 0.306 e. The highest BCUT2D eigenvalue weighted by atomic mass is 19.1. The van der Waals surface area contributed by atoms with E-state index in [0.29, 0.717) is 30.4 Å². The predicted molar refractivity (Wildman–Crippen MR) is 121 cm³/mol. The Balaban J connectivity index is 1.68. The van der Waals surface area contributed by atoms with Crippen molar-refractivity contribution in [1.82, 2.24) is 10.2 Å². The molecule has 0 bridgehead atoms. The SMILES string of the molecule is CCN(CC)C(=O)c1ccc(NC(=O)COC(=O)CCCNC(=O)c2ccc(F)cc2F)cc1. The van der Waals surface area contributed by atoms with E-state index in [-0.39, 0.29) is 30.9 Å². The summed E-state index contributed by atoms with van der Waals surface area (Å²) in [5.41, 5.74) is 0.654. The maximum absolute atomic E-state index is 13.6. The minimum Gasteiger partial charge on any atom is -0.456 e. The van der Waals surface area contributed by atoms with Gasteiger partial charge in [-0.2, -0.15) is 0 Å². The van der Waals surface area contributed by atoms with Crippen LogP contribution < -0.4 is 10.6 Å². The second-order valence-electron chi connectivity index (χ2n) is 7.25. The fraction of sp³-hybridized carbons (Fsp3) is 0.333. The van der Waals surface area contributed by atoms with Gasteiger partial charge in [-0.3, -0.25) is 19.2 Å². The Morgan fingerprint density at radius 2 is 1.65 bits per heavy atom. The number of carbonyl (C=O) groups is 4. The van der Waals surface area contributed by atoms with Gasteiger partial charge in [0, 0.05) is 43.4 Å². The van der Waals surface area contributed by atoms with Crippen LogP contribution in [0.1, 0.15) is 47.4 Å². The van der Waals surface area contributed by atoms with Crippen LogP contribution in [0.4, 0.5) is 14.5 Å². The van der Waals surface area contributed by atoms with Crippen molar-refractivity contribution in [3.8, 4) is 0 Å². The summed E-state index contributed by atoms with van der Waals surface area (Å²) in [5.74, 6) is -3.78. The quantitative estimate of drug-likeness (QED) is 0.384. The van der Waals surface area contributed by atoms with Crippen LogP contribution in [0.15, 0.2) is 42.5 Å². The Hall–Kier alpha value is -3.82. The summed E-state index contributed by atoms with van der Waals surface area (Å²) in [7, 11) is 0. The van der Waals surface area contributed by atoms with E-state index in [4.69, 9.17) is 4.74 Å². The topological polar surface area (TPSA) is 105 Å². The molecule has 0 atom stereocenters. The summed E-state index contributed by atoms with van der Waals surface area (Å²) < 4.78 is 31.3. The first kappa shape index (κ1) is 26.4. The minimum atomic E-state index is -0.979. The van der Waals surface area contributed by atoms with E-state index < -0.39 is 36.0 Å². The lowest BCUT2D eigenvalue weighted by Gasteiger charge is -2.18. The number of nitrogens with one attached hydrogen (secondary N) is 2. The fourth-order valence-electron chi connectivity index (χ4n) is 3.01. The predicted octanol–water partition coefficient (Wildman–Crippen LogP) is 3.14. The van der Waals surface area contributed by atoms with E-state index >= 15 is 0 Å². The molecule has 3 amide bonds. The molecular weight excluding hydrogens is 448 g/mol. The van der Waals surface area contributed by atoms with Crippen molar-refractivity contribution in [2.45, 2.75) is 26.7 Å². The van der Waals surface area contributed by atoms with E-state index in [0.717, 1.165) is 12.1 Å². The fourth-order valence-corrected chi connectivity index (χ4v) is 3.01. The van der Waals surface area contributed by atoms with Gasteiger partial charge in [-0.1, -0.05) is 0 Å². The van der Waals surface area contributed by atoms with Crippen molar-refractivity contribution in [3.05, 3.63) is 65.2 Å². The van der Waals surface area contributed by atoms with Gasteiger partial charge in [0.25, 0.3) is 17.7 Å². The third-order valence-corrected chi connectivity index (χ3v) is 4.85. The summed E-state index contributed by atoms with van der Waals surface area (Å²) in [6.45, 7) is 4.54. The van der Waals surface area contributed by atoms with E-state index in [2.05, 4.69) is 10.6 Å². The van der Waals surface area contributed by atoms with E-state index in [1.54, 1.807) is 29.2 Å². The van der Waals surface area contributed by atoms with Crippen molar-refractivity contribution in [1.29, 1.82) is 0 Å². The van der Waals surface area contributed by atoms with Crippen LogP contribution in [0.25, 0.3) is 0 Å². The molecule has 0 fully saturated rings. The number of hydrogen-bond donors (Lipinski definition) is 2. The molecule has 8 nitrogen and oxygen atoms in total. The molecule has 34 heavy (non-hydrogen) atoms. The van der Waals surface area contributed by atoms with Crippen LogP contribution >= 0.6 is 0 Å². The van der Waals surface area contributed by atoms with Crippen LogP contribution in [0, 0.1) is 11.6 Å². The number of rotatable bonds is 11. The van der Waals surface area contributed by atoms with Crippen LogP contribution in [-0.4, -0.2) is 54.8 Å². The average Bonchev–Trinajstić information content (AvgIpc) is 2.81. The van der Waals surface area contributed by atoms with Gasteiger partial charge >= 0.3 is 5.97 Å². The van der Waals surface area contributed by atoms with Gasteiger partial charge < -0.3 is 20.3 Å². The van der Waals surface area contributed by atoms with Crippen molar-refractivity contribution in [2.24, 2.45) is 0 Å². The van der Waals surface area contributed by atoms with Gasteiger partial charge in [-0.05, 0) is 56.7 Å². The molecule has 2 aromatic carbocycles. The molecule has 10 heteroatoms. The number of benzene rings is 2. The number of hydrogen-bond acceptors (Lipinski definition) is 5. The summed E-state index contributed by atoms with van der Waals surface area (Å²) in [6, 6.07) is 9.00. The Morgan fingerprint density at radius 3 is 2.26 bits per heavy atom. The third kappa shape index (κ3) is 7.95. The zero-order chi connectivity index (χ0) is 25.1. The number of amides is 3. The first-order valence-electron chi connectivity index (χ1n) is 10.8. The highest BCUT2D eigenvalue weighted by molar-refractivity contribution is 5.96. The largest absolute Gasteiger partial charge is 0.456 e. The molecule has 0 saturated carbocycles. The first-order valence-corrected chi connectivity index (χ1v) is 10.8. The van der Waals surface area contributed by atoms with Gasteiger partial charge in [0.1, 0.15) is 11.6 Å². The number of nitrogens with zero attached hydrogens (tertiary/aromatic N) is 1. The van der Waals surface area contributed by atoms with Crippen LogP contribution in [0.5, 0.6) is 0 Å². The lowest BCUT2D eigenvalue weighted by atomic mass is 10.2. The summed E-state index contributed by atoms with van der Waals surface area (Å²) in [5, 5.41) is 4.99. The number of anilines is 1. The molecule has 0 aliphatic heterocycles. The van der Waals surface area contributed by atoms with Crippen LogP contribution in [-0.2, 0) is 14.3 Å².